The molecule has 1 aliphatic carbocycles. The van der Waals surface area contributed by atoms with Crippen molar-refractivity contribution >= 4 is 10.0 Å². The molecule has 1 aromatic carbocycles. The molecule has 0 saturated heterocycles. The summed E-state index contributed by atoms with van der Waals surface area (Å²) in [7, 11) is -3.91. The second kappa shape index (κ2) is 5.71. The maximum atomic E-state index is 12.0. The predicted molar refractivity (Wildman–Crippen MR) is 71.7 cm³/mol. The summed E-state index contributed by atoms with van der Waals surface area (Å²) >= 11 is 0. The lowest BCUT2D eigenvalue weighted by Crippen LogP contribution is -2.42. The summed E-state index contributed by atoms with van der Waals surface area (Å²) in [6.07, 6.45) is -3.14. The summed E-state index contributed by atoms with van der Waals surface area (Å²) in [4.78, 5) is -0.200. The number of halogens is 3. The van der Waals surface area contributed by atoms with E-state index in [9.17, 15) is 26.7 Å². The molecule has 0 bridgehead atoms. The van der Waals surface area contributed by atoms with Gasteiger partial charge < -0.3 is 9.84 Å². The number of sulfonamides is 1. The number of alkyl halides is 3. The third-order valence-corrected chi connectivity index (χ3v) is 4.86. The zero-order chi connectivity index (χ0) is 16.6. The first kappa shape index (κ1) is 17.0. The summed E-state index contributed by atoms with van der Waals surface area (Å²) in [6, 6.07) is 3.85. The van der Waals surface area contributed by atoms with E-state index in [1.165, 1.54) is 0 Å². The number of rotatable bonds is 6. The van der Waals surface area contributed by atoms with Crippen molar-refractivity contribution in [1.29, 1.82) is 0 Å². The number of hydrogen-bond acceptors (Lipinski definition) is 4. The van der Waals surface area contributed by atoms with Crippen LogP contribution in [-0.2, 0) is 10.0 Å². The van der Waals surface area contributed by atoms with Crippen LogP contribution in [0.2, 0.25) is 0 Å². The van der Waals surface area contributed by atoms with E-state index >= 15 is 0 Å². The Kier molecular flexibility index (Phi) is 4.42. The SMILES string of the molecule is CC(O)(CNS(=O)(=O)c1ccc(OC(F)(F)F)cc1)C1CC1. The van der Waals surface area contributed by atoms with Crippen LogP contribution in [0, 0.1) is 5.92 Å². The molecule has 0 amide bonds. The largest absolute Gasteiger partial charge is 0.573 e. The highest BCUT2D eigenvalue weighted by atomic mass is 32.2. The molecule has 5 nitrogen and oxygen atoms in total. The van der Waals surface area contributed by atoms with Crippen LogP contribution in [0.5, 0.6) is 5.75 Å². The van der Waals surface area contributed by atoms with Gasteiger partial charge in [-0.25, -0.2) is 13.1 Å². The second-order valence-corrected chi connectivity index (χ2v) is 7.24. The van der Waals surface area contributed by atoms with E-state index in [2.05, 4.69) is 9.46 Å². The lowest BCUT2D eigenvalue weighted by Gasteiger charge is -2.23. The third-order valence-electron chi connectivity index (χ3n) is 3.44. The van der Waals surface area contributed by atoms with Crippen molar-refractivity contribution in [2.45, 2.75) is 36.6 Å². The van der Waals surface area contributed by atoms with Crippen LogP contribution in [0.3, 0.4) is 0 Å². The van der Waals surface area contributed by atoms with Crippen LogP contribution in [0.4, 0.5) is 13.2 Å². The summed E-state index contributed by atoms with van der Waals surface area (Å²) in [6.45, 7) is 1.40. The van der Waals surface area contributed by atoms with Gasteiger partial charge >= 0.3 is 6.36 Å². The fraction of sp³-hybridized carbons (Fsp3) is 0.538. The Labute approximate surface area is 126 Å². The maximum absolute atomic E-state index is 12.0. The van der Waals surface area contributed by atoms with E-state index in [4.69, 9.17) is 0 Å². The van der Waals surface area contributed by atoms with E-state index in [0.29, 0.717) is 0 Å². The normalized spacial score (nSPS) is 18.8. The van der Waals surface area contributed by atoms with Crippen molar-refractivity contribution in [2.24, 2.45) is 5.92 Å². The quantitative estimate of drug-likeness (QED) is 0.831. The highest BCUT2D eigenvalue weighted by molar-refractivity contribution is 7.89. The molecule has 124 valence electrons. The van der Waals surface area contributed by atoms with E-state index in [0.717, 1.165) is 37.1 Å². The van der Waals surface area contributed by atoms with Gasteiger partial charge in [0.25, 0.3) is 0 Å². The molecule has 0 spiro atoms. The minimum atomic E-state index is -4.83. The van der Waals surface area contributed by atoms with Gasteiger partial charge in [0.15, 0.2) is 0 Å². The van der Waals surface area contributed by atoms with Gasteiger partial charge in [-0.05, 0) is 49.9 Å². The fourth-order valence-electron chi connectivity index (χ4n) is 1.99. The van der Waals surface area contributed by atoms with Gasteiger partial charge in [0.05, 0.1) is 10.5 Å². The number of benzene rings is 1. The molecule has 0 radical (unpaired) electrons. The average molecular weight is 339 g/mol. The Morgan fingerprint density at radius 2 is 1.82 bits per heavy atom. The van der Waals surface area contributed by atoms with Crippen LogP contribution in [0.25, 0.3) is 0 Å². The molecule has 1 saturated carbocycles. The molecule has 22 heavy (non-hydrogen) atoms. The van der Waals surface area contributed by atoms with Gasteiger partial charge in [0.1, 0.15) is 5.75 Å². The molecule has 2 N–H and O–H groups in total. The molecule has 2 rings (SSSR count). The number of aliphatic hydroxyl groups is 1. The van der Waals surface area contributed by atoms with Crippen molar-refractivity contribution in [2.75, 3.05) is 6.54 Å². The molecule has 1 aromatic rings. The minimum Gasteiger partial charge on any atom is -0.406 e. The van der Waals surface area contributed by atoms with E-state index < -0.39 is 27.7 Å². The van der Waals surface area contributed by atoms with Crippen molar-refractivity contribution in [3.05, 3.63) is 24.3 Å². The van der Waals surface area contributed by atoms with E-state index in [1.54, 1.807) is 6.92 Å². The standard InChI is InChI=1S/C13H16F3NO4S/c1-12(18,9-2-3-9)8-17-22(19,20)11-6-4-10(5-7-11)21-13(14,15)16/h4-7,9,17-18H,2-3,8H2,1H3. The number of hydrogen-bond donors (Lipinski definition) is 2. The lowest BCUT2D eigenvalue weighted by molar-refractivity contribution is -0.274. The van der Waals surface area contributed by atoms with Crippen LogP contribution in [0.15, 0.2) is 29.2 Å². The highest BCUT2D eigenvalue weighted by Gasteiger charge is 2.40. The summed E-state index contributed by atoms with van der Waals surface area (Å²) in [5.74, 6) is -0.436. The molecule has 9 heteroatoms. The predicted octanol–water partition coefficient (Wildman–Crippen LogP) is 2.02. The van der Waals surface area contributed by atoms with E-state index in [1.807, 2.05) is 0 Å². The molecule has 0 aliphatic heterocycles. The van der Waals surface area contributed by atoms with Crippen molar-refractivity contribution < 1.29 is 31.4 Å². The first-order valence-corrected chi connectivity index (χ1v) is 8.06. The summed E-state index contributed by atoms with van der Waals surface area (Å²) < 4.78 is 66.1. The van der Waals surface area contributed by atoms with Crippen LogP contribution >= 0.6 is 0 Å². The molecule has 1 atom stereocenters. The Morgan fingerprint density at radius 1 is 1.27 bits per heavy atom. The van der Waals surface area contributed by atoms with Crippen LogP contribution < -0.4 is 9.46 Å². The first-order valence-electron chi connectivity index (χ1n) is 6.57. The van der Waals surface area contributed by atoms with Crippen LogP contribution in [-0.4, -0.2) is 32.0 Å². The van der Waals surface area contributed by atoms with Gasteiger partial charge in [-0.3, -0.25) is 0 Å². The van der Waals surface area contributed by atoms with Crippen molar-refractivity contribution in [3.8, 4) is 5.75 Å². The Morgan fingerprint density at radius 3 is 2.27 bits per heavy atom. The number of nitrogens with one attached hydrogen (secondary N) is 1. The monoisotopic (exact) mass is 339 g/mol. The van der Waals surface area contributed by atoms with Gasteiger partial charge in [-0.1, -0.05) is 0 Å². The molecule has 1 fully saturated rings. The zero-order valence-corrected chi connectivity index (χ0v) is 12.5. The number of ether oxygens (including phenoxy) is 1. The Hall–Kier alpha value is -1.32. The van der Waals surface area contributed by atoms with Gasteiger partial charge in [-0.2, -0.15) is 0 Å². The van der Waals surface area contributed by atoms with Crippen LogP contribution in [0.1, 0.15) is 19.8 Å². The van der Waals surface area contributed by atoms with Gasteiger partial charge in [0, 0.05) is 6.54 Å². The van der Waals surface area contributed by atoms with Gasteiger partial charge in [-0.15, -0.1) is 13.2 Å². The Bertz CT molecular complexity index is 622. The van der Waals surface area contributed by atoms with E-state index in [-0.39, 0.29) is 17.4 Å². The smallest absolute Gasteiger partial charge is 0.406 e. The van der Waals surface area contributed by atoms with Gasteiger partial charge in [0.2, 0.25) is 10.0 Å². The maximum Gasteiger partial charge on any atom is 0.573 e. The summed E-state index contributed by atoms with van der Waals surface area (Å²) in [5.41, 5.74) is -1.13. The van der Waals surface area contributed by atoms with Crippen molar-refractivity contribution in [1.82, 2.24) is 4.72 Å². The average Bonchev–Trinajstić information content (AvgIpc) is 3.20. The zero-order valence-electron chi connectivity index (χ0n) is 11.7. The Balaban J connectivity index is 2.03. The summed E-state index contributed by atoms with van der Waals surface area (Å²) in [5, 5.41) is 10.1. The molecule has 1 unspecified atom stereocenters. The molecular formula is C13H16F3NO4S. The topological polar surface area (TPSA) is 75.6 Å². The highest BCUT2D eigenvalue weighted by Crippen LogP contribution is 2.39. The fourth-order valence-corrected chi connectivity index (χ4v) is 3.14. The minimum absolute atomic E-state index is 0.0674. The third kappa shape index (κ3) is 4.59. The lowest BCUT2D eigenvalue weighted by atomic mass is 10.0. The van der Waals surface area contributed by atoms with Crippen molar-refractivity contribution in [3.63, 3.8) is 0 Å². The molecule has 1 aliphatic rings. The molecular weight excluding hydrogens is 323 g/mol. The second-order valence-electron chi connectivity index (χ2n) is 5.48. The molecule has 0 heterocycles. The molecule has 0 aromatic heterocycles. The first-order chi connectivity index (χ1) is 10.00.